The van der Waals surface area contributed by atoms with Crippen LogP contribution in [0.4, 0.5) is 0 Å². The lowest BCUT2D eigenvalue weighted by molar-refractivity contribution is -0.153. The molecule has 1 aliphatic rings. The molecule has 174 valence electrons. The zero-order valence-corrected chi connectivity index (χ0v) is 19.8. The Morgan fingerprint density at radius 2 is 2.03 bits per heavy atom. The first-order valence-electron chi connectivity index (χ1n) is 9.80. The van der Waals surface area contributed by atoms with Crippen molar-refractivity contribution in [2.75, 3.05) is 31.2 Å². The van der Waals surface area contributed by atoms with Gasteiger partial charge in [0.25, 0.3) is 5.91 Å². The molecule has 1 N–H and O–H groups in total. The van der Waals surface area contributed by atoms with Gasteiger partial charge in [-0.2, -0.15) is 0 Å². The van der Waals surface area contributed by atoms with E-state index in [9.17, 15) is 26.4 Å². The van der Waals surface area contributed by atoms with Gasteiger partial charge < -0.3 is 9.64 Å². The summed E-state index contributed by atoms with van der Waals surface area (Å²) in [6.45, 7) is 3.43. The number of hydrogen-bond donors (Lipinski definition) is 1. The molecule has 2 rings (SSSR count). The number of sulfonamides is 1. The van der Waals surface area contributed by atoms with E-state index in [0.29, 0.717) is 13.0 Å². The number of hydrogen-bond acceptors (Lipinski definition) is 7. The molecule has 31 heavy (non-hydrogen) atoms. The van der Waals surface area contributed by atoms with E-state index >= 15 is 0 Å². The van der Waals surface area contributed by atoms with E-state index < -0.39 is 44.4 Å². The molecule has 1 amide bonds. The topological polar surface area (TPSA) is 127 Å². The van der Waals surface area contributed by atoms with Crippen molar-refractivity contribution in [2.24, 2.45) is 5.92 Å². The monoisotopic (exact) mass is 494 g/mol. The number of carbonyl (C=O) groups excluding carboxylic acids is 2. The predicted molar refractivity (Wildman–Crippen MR) is 116 cm³/mol. The SMILES string of the molecule is CC(C)CN(C(=O)COC(=O)CCNS(=O)(=O)c1cccc(Cl)c1)C1CCS(=O)(=O)C1. The number of rotatable bonds is 10. The number of nitrogens with one attached hydrogen (secondary N) is 1. The molecule has 9 nitrogen and oxygen atoms in total. The van der Waals surface area contributed by atoms with Crippen molar-refractivity contribution < 1.29 is 31.2 Å². The lowest BCUT2D eigenvalue weighted by atomic mass is 10.1. The Bertz CT molecular complexity index is 1010. The Hall–Kier alpha value is -1.69. The maximum Gasteiger partial charge on any atom is 0.307 e. The predicted octanol–water partition coefficient (Wildman–Crippen LogP) is 1.22. The van der Waals surface area contributed by atoms with E-state index in [0.717, 1.165) is 0 Å². The van der Waals surface area contributed by atoms with Crippen molar-refractivity contribution in [3.63, 3.8) is 0 Å². The van der Waals surface area contributed by atoms with Gasteiger partial charge in [0.05, 0.1) is 22.8 Å². The van der Waals surface area contributed by atoms with E-state index in [2.05, 4.69) is 4.72 Å². The van der Waals surface area contributed by atoms with Crippen LogP contribution in [0.2, 0.25) is 5.02 Å². The third-order valence-corrected chi connectivity index (χ3v) is 8.06. The fourth-order valence-electron chi connectivity index (χ4n) is 3.17. The third kappa shape index (κ3) is 8.06. The molecular weight excluding hydrogens is 468 g/mol. The summed E-state index contributed by atoms with van der Waals surface area (Å²) < 4.78 is 55.1. The van der Waals surface area contributed by atoms with Crippen LogP contribution in [0, 0.1) is 5.92 Å². The maximum absolute atomic E-state index is 12.6. The van der Waals surface area contributed by atoms with Crippen molar-refractivity contribution in [1.82, 2.24) is 9.62 Å². The Morgan fingerprint density at radius 3 is 2.61 bits per heavy atom. The van der Waals surface area contributed by atoms with Gasteiger partial charge in [-0.1, -0.05) is 31.5 Å². The molecule has 1 unspecified atom stereocenters. The number of esters is 1. The second kappa shape index (κ2) is 10.8. The maximum atomic E-state index is 12.6. The number of sulfone groups is 1. The zero-order valence-electron chi connectivity index (χ0n) is 17.4. The van der Waals surface area contributed by atoms with Crippen LogP contribution in [-0.4, -0.2) is 70.9 Å². The average Bonchev–Trinajstić information content (AvgIpc) is 3.03. The van der Waals surface area contributed by atoms with Gasteiger partial charge in [-0.3, -0.25) is 9.59 Å². The number of amides is 1. The van der Waals surface area contributed by atoms with Gasteiger partial charge in [0.2, 0.25) is 10.0 Å². The average molecular weight is 495 g/mol. The summed E-state index contributed by atoms with van der Waals surface area (Å²) in [5.74, 6) is -1.16. The highest BCUT2D eigenvalue weighted by Crippen LogP contribution is 2.19. The molecule has 0 spiro atoms. The smallest absolute Gasteiger partial charge is 0.307 e. The molecule has 1 aromatic carbocycles. The van der Waals surface area contributed by atoms with Gasteiger partial charge in [0.15, 0.2) is 16.4 Å². The van der Waals surface area contributed by atoms with Crippen molar-refractivity contribution in [3.8, 4) is 0 Å². The normalized spacial score (nSPS) is 18.1. The van der Waals surface area contributed by atoms with Gasteiger partial charge in [-0.05, 0) is 30.5 Å². The van der Waals surface area contributed by atoms with Crippen molar-refractivity contribution in [3.05, 3.63) is 29.3 Å². The van der Waals surface area contributed by atoms with Crippen LogP contribution in [0.1, 0.15) is 26.7 Å². The van der Waals surface area contributed by atoms with Crippen molar-refractivity contribution in [1.29, 1.82) is 0 Å². The van der Waals surface area contributed by atoms with E-state index in [1.807, 2.05) is 13.8 Å². The Morgan fingerprint density at radius 1 is 1.32 bits per heavy atom. The lowest BCUT2D eigenvalue weighted by Gasteiger charge is -2.29. The highest BCUT2D eigenvalue weighted by atomic mass is 35.5. The Labute approximate surface area is 188 Å². The second-order valence-corrected chi connectivity index (χ2v) is 12.2. The summed E-state index contributed by atoms with van der Waals surface area (Å²) in [6, 6.07) is 5.27. The number of halogens is 1. The molecule has 1 heterocycles. The van der Waals surface area contributed by atoms with Crippen LogP contribution in [0.25, 0.3) is 0 Å². The van der Waals surface area contributed by atoms with Gasteiger partial charge >= 0.3 is 5.97 Å². The molecule has 1 aliphatic heterocycles. The molecule has 0 saturated carbocycles. The van der Waals surface area contributed by atoms with E-state index in [1.165, 1.54) is 23.1 Å². The highest BCUT2D eigenvalue weighted by Gasteiger charge is 2.35. The zero-order chi connectivity index (χ0) is 23.2. The number of benzene rings is 1. The van der Waals surface area contributed by atoms with E-state index in [4.69, 9.17) is 16.3 Å². The van der Waals surface area contributed by atoms with Crippen molar-refractivity contribution >= 4 is 43.3 Å². The van der Waals surface area contributed by atoms with E-state index in [1.54, 1.807) is 6.07 Å². The van der Waals surface area contributed by atoms with Crippen LogP contribution in [0.3, 0.4) is 0 Å². The first-order valence-corrected chi connectivity index (χ1v) is 13.5. The standard InChI is InChI=1S/C19H27ClN2O7S2/c1-14(2)11-22(16-7-9-30(25,26)13-16)18(23)12-29-19(24)6-8-21-31(27,28)17-5-3-4-15(20)10-17/h3-5,10,14,16,21H,6-9,11-13H2,1-2H3. The molecule has 1 saturated heterocycles. The number of nitrogens with zero attached hydrogens (tertiary/aromatic N) is 1. The van der Waals surface area contributed by atoms with E-state index in [-0.39, 0.29) is 40.3 Å². The quantitative estimate of drug-likeness (QED) is 0.484. The number of ether oxygens (including phenoxy) is 1. The van der Waals surface area contributed by atoms with Gasteiger partial charge in [-0.15, -0.1) is 0 Å². The minimum absolute atomic E-state index is 0.0283. The van der Waals surface area contributed by atoms with Crippen LogP contribution < -0.4 is 4.72 Å². The van der Waals surface area contributed by atoms with Gasteiger partial charge in [0.1, 0.15) is 0 Å². The molecule has 1 fully saturated rings. The van der Waals surface area contributed by atoms with Crippen LogP contribution in [-0.2, 0) is 34.2 Å². The Kier molecular flexibility index (Phi) is 8.87. The minimum Gasteiger partial charge on any atom is -0.456 e. The Balaban J connectivity index is 1.84. The lowest BCUT2D eigenvalue weighted by Crippen LogP contribution is -2.45. The molecule has 0 bridgehead atoms. The van der Waals surface area contributed by atoms with Crippen LogP contribution >= 0.6 is 11.6 Å². The largest absolute Gasteiger partial charge is 0.456 e. The molecule has 0 radical (unpaired) electrons. The molecule has 1 aromatic rings. The summed E-state index contributed by atoms with van der Waals surface area (Å²) in [4.78, 5) is 25.9. The molecule has 0 aromatic heterocycles. The molecule has 12 heteroatoms. The summed E-state index contributed by atoms with van der Waals surface area (Å²) >= 11 is 5.79. The summed E-state index contributed by atoms with van der Waals surface area (Å²) in [6.07, 6.45) is 0.0923. The van der Waals surface area contributed by atoms with Gasteiger partial charge in [-0.25, -0.2) is 21.6 Å². The highest BCUT2D eigenvalue weighted by molar-refractivity contribution is 7.91. The van der Waals surface area contributed by atoms with Crippen molar-refractivity contribution in [2.45, 2.75) is 37.6 Å². The molecule has 1 atom stereocenters. The summed E-state index contributed by atoms with van der Waals surface area (Å²) in [5.41, 5.74) is 0. The fourth-order valence-corrected chi connectivity index (χ4v) is 6.23. The number of carbonyl (C=O) groups is 2. The molecular formula is C19H27ClN2O7S2. The summed E-state index contributed by atoms with van der Waals surface area (Å²) in [5, 5.41) is 0.266. The minimum atomic E-state index is -3.83. The van der Waals surface area contributed by atoms with Gasteiger partial charge in [0, 0.05) is 24.2 Å². The fraction of sp³-hybridized carbons (Fsp3) is 0.579. The molecule has 0 aliphatic carbocycles. The van der Waals surface area contributed by atoms with Crippen LogP contribution in [0.5, 0.6) is 0 Å². The van der Waals surface area contributed by atoms with Crippen LogP contribution in [0.15, 0.2) is 29.2 Å². The summed E-state index contributed by atoms with van der Waals surface area (Å²) in [7, 11) is -7.00. The second-order valence-electron chi connectivity index (χ2n) is 7.76. The first-order chi connectivity index (χ1) is 14.4. The first kappa shape index (κ1) is 25.6. The third-order valence-electron chi connectivity index (χ3n) is 4.62.